The fourth-order valence-electron chi connectivity index (χ4n) is 2.97. The molecule has 1 saturated heterocycles. The third-order valence-electron chi connectivity index (χ3n) is 4.01. The third kappa shape index (κ3) is 3.58. The van der Waals surface area contributed by atoms with E-state index in [1.807, 2.05) is 0 Å². The molecule has 2 unspecified atom stereocenters. The van der Waals surface area contributed by atoms with E-state index < -0.39 is 0 Å². The molecule has 1 aromatic rings. The van der Waals surface area contributed by atoms with Crippen LogP contribution in [-0.4, -0.2) is 36.7 Å². The van der Waals surface area contributed by atoms with Gasteiger partial charge in [0.2, 0.25) is 0 Å². The van der Waals surface area contributed by atoms with Gasteiger partial charge in [0, 0.05) is 19.1 Å². The summed E-state index contributed by atoms with van der Waals surface area (Å²) < 4.78 is 5.96. The molecule has 0 bridgehead atoms. The molecule has 4 nitrogen and oxygen atoms in total. The van der Waals surface area contributed by atoms with Crippen LogP contribution in [0.1, 0.15) is 36.6 Å². The highest BCUT2D eigenvalue weighted by molar-refractivity contribution is 5.31. The molecule has 4 heteroatoms. The lowest BCUT2D eigenvalue weighted by Crippen LogP contribution is -2.51. The number of rotatable bonds is 4. The van der Waals surface area contributed by atoms with Crippen LogP contribution in [0, 0.1) is 13.8 Å². The maximum absolute atomic E-state index is 5.96. The summed E-state index contributed by atoms with van der Waals surface area (Å²) in [6.07, 6.45) is 0.0948. The molecule has 20 heavy (non-hydrogen) atoms. The van der Waals surface area contributed by atoms with Crippen molar-refractivity contribution < 1.29 is 4.74 Å². The average molecular weight is 277 g/mol. The van der Waals surface area contributed by atoms with Crippen LogP contribution in [0.3, 0.4) is 0 Å². The molecule has 0 radical (unpaired) electrons. The summed E-state index contributed by atoms with van der Waals surface area (Å²) in [5, 5.41) is 0. The lowest BCUT2D eigenvalue weighted by Gasteiger charge is -2.39. The van der Waals surface area contributed by atoms with Crippen LogP contribution in [0.2, 0.25) is 0 Å². The Balaban J connectivity index is 2.18. The second kappa shape index (κ2) is 6.68. The summed E-state index contributed by atoms with van der Waals surface area (Å²) in [5.41, 5.74) is 6.68. The van der Waals surface area contributed by atoms with Crippen LogP contribution in [-0.2, 0) is 4.74 Å². The number of benzene rings is 1. The van der Waals surface area contributed by atoms with Gasteiger partial charge < -0.3 is 4.74 Å². The Bertz CT molecular complexity index is 427. The predicted molar refractivity (Wildman–Crippen MR) is 82.4 cm³/mol. The molecule has 1 fully saturated rings. The van der Waals surface area contributed by atoms with Crippen LogP contribution in [0.4, 0.5) is 0 Å². The van der Waals surface area contributed by atoms with Crippen LogP contribution >= 0.6 is 0 Å². The Morgan fingerprint density at radius 1 is 1.25 bits per heavy atom. The van der Waals surface area contributed by atoms with Crippen molar-refractivity contribution in [3.63, 3.8) is 0 Å². The molecule has 2 atom stereocenters. The zero-order chi connectivity index (χ0) is 14.7. The van der Waals surface area contributed by atoms with Crippen molar-refractivity contribution in [2.75, 3.05) is 19.7 Å². The van der Waals surface area contributed by atoms with Gasteiger partial charge in [-0.1, -0.05) is 29.3 Å². The summed E-state index contributed by atoms with van der Waals surface area (Å²) in [4.78, 5) is 2.45. The zero-order valence-electron chi connectivity index (χ0n) is 13.0. The molecular weight excluding hydrogens is 250 g/mol. The molecule has 0 amide bonds. The average Bonchev–Trinajstić information content (AvgIpc) is 2.39. The fraction of sp³-hybridized carbons (Fsp3) is 0.625. The predicted octanol–water partition coefficient (Wildman–Crippen LogP) is 1.92. The Labute approximate surface area is 122 Å². The lowest BCUT2D eigenvalue weighted by molar-refractivity contribution is -0.0561. The standard InChI is InChI=1S/C16H27N3O/c1-11(2)19-5-6-20-15(10-19)16(18-17)14-8-12(3)7-13(4)9-14/h7-9,11,15-16,18H,5-6,10,17H2,1-4H3. The van der Waals surface area contributed by atoms with Gasteiger partial charge in [-0.25, -0.2) is 0 Å². The van der Waals surface area contributed by atoms with E-state index in [4.69, 9.17) is 10.6 Å². The summed E-state index contributed by atoms with van der Waals surface area (Å²) in [6.45, 7) is 11.4. The van der Waals surface area contributed by atoms with Crippen molar-refractivity contribution in [1.82, 2.24) is 10.3 Å². The summed E-state index contributed by atoms with van der Waals surface area (Å²) >= 11 is 0. The number of nitrogens with zero attached hydrogens (tertiary/aromatic N) is 1. The highest BCUT2D eigenvalue weighted by Gasteiger charge is 2.29. The fourth-order valence-corrected chi connectivity index (χ4v) is 2.97. The molecule has 3 N–H and O–H groups in total. The van der Waals surface area contributed by atoms with Crippen molar-refractivity contribution in [3.05, 3.63) is 34.9 Å². The number of hydrogen-bond acceptors (Lipinski definition) is 4. The summed E-state index contributed by atoms with van der Waals surface area (Å²) in [5.74, 6) is 5.81. The first kappa shape index (κ1) is 15.4. The molecule has 112 valence electrons. The van der Waals surface area contributed by atoms with E-state index in [0.29, 0.717) is 6.04 Å². The van der Waals surface area contributed by atoms with Crippen LogP contribution in [0.15, 0.2) is 18.2 Å². The molecule has 1 aliphatic heterocycles. The van der Waals surface area contributed by atoms with Gasteiger partial charge in [0.25, 0.3) is 0 Å². The van der Waals surface area contributed by atoms with E-state index in [1.165, 1.54) is 16.7 Å². The number of hydrogen-bond donors (Lipinski definition) is 2. The molecule has 1 heterocycles. The number of nitrogens with two attached hydrogens (primary N) is 1. The number of ether oxygens (including phenoxy) is 1. The van der Waals surface area contributed by atoms with Crippen molar-refractivity contribution in [3.8, 4) is 0 Å². The molecule has 0 saturated carbocycles. The first-order chi connectivity index (χ1) is 9.51. The maximum Gasteiger partial charge on any atom is 0.0909 e. The first-order valence-corrected chi connectivity index (χ1v) is 7.41. The van der Waals surface area contributed by atoms with E-state index in [9.17, 15) is 0 Å². The smallest absolute Gasteiger partial charge is 0.0909 e. The van der Waals surface area contributed by atoms with E-state index in [0.717, 1.165) is 19.7 Å². The molecule has 1 aliphatic rings. The van der Waals surface area contributed by atoms with E-state index in [-0.39, 0.29) is 12.1 Å². The summed E-state index contributed by atoms with van der Waals surface area (Å²) in [7, 11) is 0. The Morgan fingerprint density at radius 2 is 1.90 bits per heavy atom. The highest BCUT2D eigenvalue weighted by Crippen LogP contribution is 2.24. The van der Waals surface area contributed by atoms with Crippen molar-refractivity contribution in [2.45, 2.75) is 45.9 Å². The monoisotopic (exact) mass is 277 g/mol. The van der Waals surface area contributed by atoms with Gasteiger partial charge >= 0.3 is 0 Å². The van der Waals surface area contributed by atoms with Gasteiger partial charge in [-0.15, -0.1) is 0 Å². The quantitative estimate of drug-likeness (QED) is 0.652. The van der Waals surface area contributed by atoms with Gasteiger partial charge in [-0.3, -0.25) is 16.2 Å². The SMILES string of the molecule is Cc1cc(C)cc(C(NN)C2CN(C(C)C)CCO2)c1. The Kier molecular flexibility index (Phi) is 5.16. The van der Waals surface area contributed by atoms with E-state index in [2.05, 4.69) is 56.2 Å². The second-order valence-electron chi connectivity index (χ2n) is 6.06. The third-order valence-corrected chi connectivity index (χ3v) is 4.01. The van der Waals surface area contributed by atoms with Gasteiger partial charge in [0.1, 0.15) is 0 Å². The van der Waals surface area contributed by atoms with Gasteiger partial charge in [0.15, 0.2) is 0 Å². The van der Waals surface area contributed by atoms with Crippen LogP contribution < -0.4 is 11.3 Å². The van der Waals surface area contributed by atoms with Crippen LogP contribution in [0.5, 0.6) is 0 Å². The van der Waals surface area contributed by atoms with Gasteiger partial charge in [0.05, 0.1) is 18.8 Å². The second-order valence-corrected chi connectivity index (χ2v) is 6.06. The number of aryl methyl sites for hydroxylation is 2. The Hall–Kier alpha value is -0.940. The normalized spacial score (nSPS) is 22.2. The molecule has 2 rings (SSSR count). The number of morpholine rings is 1. The molecule has 0 aromatic heterocycles. The molecule has 0 aliphatic carbocycles. The minimum atomic E-state index is 0.0372. The molecule has 1 aromatic carbocycles. The van der Waals surface area contributed by atoms with Crippen molar-refractivity contribution >= 4 is 0 Å². The first-order valence-electron chi connectivity index (χ1n) is 7.41. The van der Waals surface area contributed by atoms with Crippen molar-refractivity contribution in [1.29, 1.82) is 0 Å². The largest absolute Gasteiger partial charge is 0.374 e. The minimum absolute atomic E-state index is 0.0372. The van der Waals surface area contributed by atoms with Crippen LogP contribution in [0.25, 0.3) is 0 Å². The topological polar surface area (TPSA) is 50.5 Å². The van der Waals surface area contributed by atoms with Gasteiger partial charge in [-0.2, -0.15) is 0 Å². The van der Waals surface area contributed by atoms with E-state index >= 15 is 0 Å². The lowest BCUT2D eigenvalue weighted by atomic mass is 9.96. The van der Waals surface area contributed by atoms with Crippen molar-refractivity contribution in [2.24, 2.45) is 5.84 Å². The number of hydrazine groups is 1. The minimum Gasteiger partial charge on any atom is -0.374 e. The molecular formula is C16H27N3O. The highest BCUT2D eigenvalue weighted by atomic mass is 16.5. The van der Waals surface area contributed by atoms with E-state index in [1.54, 1.807) is 0 Å². The van der Waals surface area contributed by atoms with Gasteiger partial charge in [-0.05, 0) is 33.3 Å². The summed E-state index contributed by atoms with van der Waals surface area (Å²) in [6, 6.07) is 7.14. The Morgan fingerprint density at radius 3 is 2.45 bits per heavy atom. The maximum atomic E-state index is 5.96. The molecule has 0 spiro atoms. The number of nitrogens with one attached hydrogen (secondary N) is 1. The zero-order valence-corrected chi connectivity index (χ0v) is 13.0.